The molecule has 1 unspecified atom stereocenters. The summed E-state index contributed by atoms with van der Waals surface area (Å²) in [6.07, 6.45) is 1.81. The highest BCUT2D eigenvalue weighted by Gasteiger charge is 2.35. The average molecular weight is 280 g/mol. The van der Waals surface area contributed by atoms with Gasteiger partial charge in [0.2, 0.25) is 5.91 Å². The number of furan rings is 1. The molecule has 5 nitrogen and oxygen atoms in total. The zero-order valence-corrected chi connectivity index (χ0v) is 12.5. The van der Waals surface area contributed by atoms with Crippen LogP contribution < -0.4 is 11.1 Å². The van der Waals surface area contributed by atoms with E-state index in [1.54, 1.807) is 0 Å². The van der Waals surface area contributed by atoms with Gasteiger partial charge in [0.05, 0.1) is 12.6 Å². The van der Waals surface area contributed by atoms with Gasteiger partial charge in [-0.3, -0.25) is 4.79 Å². The van der Waals surface area contributed by atoms with E-state index < -0.39 is 0 Å². The SMILES string of the molecule is Cc1cc2c(o1)CC(C)(C)CC2NC(=O)COCCN. The van der Waals surface area contributed by atoms with Gasteiger partial charge >= 0.3 is 0 Å². The number of hydrogen-bond donors (Lipinski definition) is 2. The largest absolute Gasteiger partial charge is 0.466 e. The molecule has 0 aromatic carbocycles. The lowest BCUT2D eigenvalue weighted by atomic mass is 9.74. The zero-order valence-electron chi connectivity index (χ0n) is 12.5. The molecule has 0 fully saturated rings. The van der Waals surface area contributed by atoms with Crippen LogP contribution in [0.5, 0.6) is 0 Å². The summed E-state index contributed by atoms with van der Waals surface area (Å²) < 4.78 is 10.9. The highest BCUT2D eigenvalue weighted by Crippen LogP contribution is 2.41. The normalized spacial score (nSPS) is 20.5. The summed E-state index contributed by atoms with van der Waals surface area (Å²) in [6.45, 7) is 7.21. The Labute approximate surface area is 119 Å². The lowest BCUT2D eigenvalue weighted by molar-refractivity contribution is -0.126. The van der Waals surface area contributed by atoms with Gasteiger partial charge in [-0.25, -0.2) is 0 Å². The van der Waals surface area contributed by atoms with Crippen LogP contribution in [0.4, 0.5) is 0 Å². The van der Waals surface area contributed by atoms with Gasteiger partial charge in [0.15, 0.2) is 0 Å². The van der Waals surface area contributed by atoms with Crippen molar-refractivity contribution in [2.24, 2.45) is 11.1 Å². The molecule has 0 spiro atoms. The molecule has 3 N–H and O–H groups in total. The smallest absolute Gasteiger partial charge is 0.246 e. The van der Waals surface area contributed by atoms with Crippen molar-refractivity contribution in [2.45, 2.75) is 39.7 Å². The molecule has 112 valence electrons. The van der Waals surface area contributed by atoms with Crippen LogP contribution >= 0.6 is 0 Å². The summed E-state index contributed by atoms with van der Waals surface area (Å²) in [6, 6.07) is 2.02. The van der Waals surface area contributed by atoms with Crippen LogP contribution in [0.15, 0.2) is 10.5 Å². The van der Waals surface area contributed by atoms with Gasteiger partial charge in [-0.2, -0.15) is 0 Å². The molecule has 5 heteroatoms. The Bertz CT molecular complexity index is 479. The fraction of sp³-hybridized carbons (Fsp3) is 0.667. The van der Waals surface area contributed by atoms with E-state index in [2.05, 4.69) is 19.2 Å². The van der Waals surface area contributed by atoms with Gasteiger partial charge in [0.1, 0.15) is 18.1 Å². The maximum Gasteiger partial charge on any atom is 0.246 e. The lowest BCUT2D eigenvalue weighted by Gasteiger charge is -2.34. The molecule has 0 bridgehead atoms. The summed E-state index contributed by atoms with van der Waals surface area (Å²) in [5.41, 5.74) is 6.56. The molecule has 2 rings (SSSR count). The van der Waals surface area contributed by atoms with Crippen molar-refractivity contribution in [2.75, 3.05) is 19.8 Å². The van der Waals surface area contributed by atoms with Crippen LogP contribution in [0.3, 0.4) is 0 Å². The van der Waals surface area contributed by atoms with E-state index in [9.17, 15) is 4.79 Å². The molecule has 1 heterocycles. The minimum Gasteiger partial charge on any atom is -0.466 e. The number of carbonyl (C=O) groups excluding carboxylic acids is 1. The Morgan fingerprint density at radius 3 is 3.05 bits per heavy atom. The molecule has 0 radical (unpaired) electrons. The summed E-state index contributed by atoms with van der Waals surface area (Å²) in [5, 5.41) is 3.04. The number of ether oxygens (including phenoxy) is 1. The number of carbonyl (C=O) groups is 1. The zero-order chi connectivity index (χ0) is 14.8. The predicted octanol–water partition coefficient (Wildman–Crippen LogP) is 1.69. The third kappa shape index (κ3) is 3.61. The molecule has 1 aliphatic carbocycles. The third-order valence-corrected chi connectivity index (χ3v) is 3.57. The average Bonchev–Trinajstić information content (AvgIpc) is 2.68. The monoisotopic (exact) mass is 280 g/mol. The summed E-state index contributed by atoms with van der Waals surface area (Å²) in [5.74, 6) is 1.78. The molecule has 1 aliphatic rings. The van der Waals surface area contributed by atoms with Crippen molar-refractivity contribution in [1.82, 2.24) is 5.32 Å². The van der Waals surface area contributed by atoms with Crippen molar-refractivity contribution in [3.63, 3.8) is 0 Å². The van der Waals surface area contributed by atoms with Crippen LogP contribution in [0, 0.1) is 12.3 Å². The molecule has 1 amide bonds. The summed E-state index contributed by atoms with van der Waals surface area (Å²) in [4.78, 5) is 11.9. The van der Waals surface area contributed by atoms with Crippen molar-refractivity contribution in [3.05, 3.63) is 23.2 Å². The molecule has 0 aliphatic heterocycles. The second-order valence-electron chi connectivity index (χ2n) is 6.24. The minimum absolute atomic E-state index is 0.000163. The van der Waals surface area contributed by atoms with Crippen LogP contribution in [0.25, 0.3) is 0 Å². The highest BCUT2D eigenvalue weighted by atomic mass is 16.5. The van der Waals surface area contributed by atoms with Gasteiger partial charge in [0.25, 0.3) is 0 Å². The van der Waals surface area contributed by atoms with Crippen molar-refractivity contribution in [3.8, 4) is 0 Å². The van der Waals surface area contributed by atoms with Crippen molar-refractivity contribution in [1.29, 1.82) is 0 Å². The van der Waals surface area contributed by atoms with Crippen molar-refractivity contribution >= 4 is 5.91 Å². The molecule has 20 heavy (non-hydrogen) atoms. The topological polar surface area (TPSA) is 77.5 Å². The quantitative estimate of drug-likeness (QED) is 0.805. The standard InChI is InChI=1S/C15H24N2O3/c1-10-6-11-12(17-14(18)9-19-5-4-16)7-15(2,3)8-13(11)20-10/h6,12H,4-5,7-9,16H2,1-3H3,(H,17,18). The van der Waals surface area contributed by atoms with Gasteiger partial charge in [-0.15, -0.1) is 0 Å². The second-order valence-corrected chi connectivity index (χ2v) is 6.24. The van der Waals surface area contributed by atoms with Gasteiger partial charge in [-0.05, 0) is 24.8 Å². The second kappa shape index (κ2) is 5.97. The molecular formula is C15H24N2O3. The molecular weight excluding hydrogens is 256 g/mol. The number of nitrogens with one attached hydrogen (secondary N) is 1. The van der Waals surface area contributed by atoms with Crippen LogP contribution in [0.1, 0.15) is 43.4 Å². The van der Waals surface area contributed by atoms with Crippen molar-refractivity contribution < 1.29 is 13.9 Å². The Kier molecular flexibility index (Phi) is 4.50. The highest BCUT2D eigenvalue weighted by molar-refractivity contribution is 5.77. The van der Waals surface area contributed by atoms with E-state index in [0.717, 1.165) is 29.9 Å². The number of amides is 1. The molecule has 1 aromatic heterocycles. The predicted molar refractivity (Wildman–Crippen MR) is 76.3 cm³/mol. The first-order valence-corrected chi connectivity index (χ1v) is 7.08. The number of hydrogen-bond acceptors (Lipinski definition) is 4. The molecule has 1 aromatic rings. The Morgan fingerprint density at radius 2 is 2.35 bits per heavy atom. The van der Waals surface area contributed by atoms with E-state index in [-0.39, 0.29) is 24.0 Å². The summed E-state index contributed by atoms with van der Waals surface area (Å²) >= 11 is 0. The first-order chi connectivity index (χ1) is 9.41. The number of fused-ring (bicyclic) bond motifs is 1. The Morgan fingerprint density at radius 1 is 1.60 bits per heavy atom. The molecule has 1 atom stereocenters. The molecule has 0 saturated carbocycles. The first-order valence-electron chi connectivity index (χ1n) is 7.08. The third-order valence-electron chi connectivity index (χ3n) is 3.57. The van der Waals surface area contributed by atoms with Crippen LogP contribution in [-0.4, -0.2) is 25.7 Å². The number of nitrogens with two attached hydrogens (primary N) is 1. The number of rotatable bonds is 5. The Hall–Kier alpha value is -1.33. The van der Waals surface area contributed by atoms with Crippen LogP contribution in [0.2, 0.25) is 0 Å². The maximum atomic E-state index is 11.9. The summed E-state index contributed by atoms with van der Waals surface area (Å²) in [7, 11) is 0. The van der Waals surface area contributed by atoms with Gasteiger partial charge in [-0.1, -0.05) is 13.8 Å². The first kappa shape index (κ1) is 15.1. The minimum atomic E-state index is -0.106. The lowest BCUT2D eigenvalue weighted by Crippen LogP contribution is -2.37. The van der Waals surface area contributed by atoms with E-state index in [1.807, 2.05) is 13.0 Å². The maximum absolute atomic E-state index is 11.9. The van der Waals surface area contributed by atoms with Gasteiger partial charge in [0, 0.05) is 18.5 Å². The van der Waals surface area contributed by atoms with E-state index in [0.29, 0.717) is 13.2 Å². The molecule has 0 saturated heterocycles. The van der Waals surface area contributed by atoms with E-state index in [4.69, 9.17) is 14.9 Å². The van der Waals surface area contributed by atoms with Gasteiger partial charge < -0.3 is 20.2 Å². The number of aryl methyl sites for hydroxylation is 1. The van der Waals surface area contributed by atoms with Crippen LogP contribution in [-0.2, 0) is 16.0 Å². The van der Waals surface area contributed by atoms with E-state index in [1.165, 1.54) is 0 Å². The Balaban J connectivity index is 2.05. The van der Waals surface area contributed by atoms with E-state index >= 15 is 0 Å². The fourth-order valence-electron chi connectivity index (χ4n) is 2.80. The fourth-order valence-corrected chi connectivity index (χ4v) is 2.80.